The van der Waals surface area contributed by atoms with Gasteiger partial charge in [-0.1, -0.05) is 30.3 Å². The number of phenols is 2. The van der Waals surface area contributed by atoms with Crippen molar-refractivity contribution >= 4 is 32.3 Å². The minimum atomic E-state index is -4.73. The van der Waals surface area contributed by atoms with E-state index in [1.807, 2.05) is 12.1 Å². The van der Waals surface area contributed by atoms with Crippen LogP contribution in [-0.2, 0) is 23.0 Å². The summed E-state index contributed by atoms with van der Waals surface area (Å²) in [5.74, 6) is -0.687. The number of azo groups is 1. The summed E-state index contributed by atoms with van der Waals surface area (Å²) in [4.78, 5) is 10.1. The number of aromatic hydroxyl groups is 2. The third kappa shape index (κ3) is 3.80. The zero-order valence-corrected chi connectivity index (χ0v) is 16.8. The van der Waals surface area contributed by atoms with Crippen LogP contribution in [0.1, 0.15) is 17.5 Å². The van der Waals surface area contributed by atoms with Crippen LogP contribution in [0.3, 0.4) is 0 Å². The maximum Gasteiger partial charge on any atom is 0.294 e. The van der Waals surface area contributed by atoms with Crippen LogP contribution in [0.2, 0.25) is 0 Å². The Labute approximate surface area is 176 Å². The highest BCUT2D eigenvalue weighted by molar-refractivity contribution is 7.85. The topological polar surface area (TPSA) is 163 Å². The molecule has 0 saturated heterocycles. The van der Waals surface area contributed by atoms with Gasteiger partial charge in [-0.25, -0.2) is 0 Å². The monoisotopic (exact) mass is 443 g/mol. The van der Waals surface area contributed by atoms with Crippen LogP contribution in [0.4, 0.5) is 11.4 Å². The molecule has 0 spiro atoms. The quantitative estimate of drug-likeness (QED) is 0.237. The molecule has 1 aliphatic carbocycles. The largest absolute Gasteiger partial charge is 0.506 e. The molecule has 11 heteroatoms. The van der Waals surface area contributed by atoms with Gasteiger partial charge in [0.1, 0.15) is 27.8 Å². The molecule has 0 aliphatic heterocycles. The van der Waals surface area contributed by atoms with E-state index < -0.39 is 31.7 Å². The van der Waals surface area contributed by atoms with Gasteiger partial charge in [0, 0.05) is 29.2 Å². The summed E-state index contributed by atoms with van der Waals surface area (Å²) in [6.45, 7) is 0. The lowest BCUT2D eigenvalue weighted by Gasteiger charge is -2.22. The van der Waals surface area contributed by atoms with E-state index in [0.29, 0.717) is 5.39 Å². The third-order valence-electron chi connectivity index (χ3n) is 5.33. The van der Waals surface area contributed by atoms with Crippen LogP contribution in [0.15, 0.2) is 57.6 Å². The molecule has 1 aliphatic rings. The first-order valence-electron chi connectivity index (χ1n) is 9.28. The van der Waals surface area contributed by atoms with Crippen LogP contribution < -0.4 is 0 Å². The van der Waals surface area contributed by atoms with Gasteiger partial charge in [0.15, 0.2) is 0 Å². The first-order chi connectivity index (χ1) is 14.7. The molecule has 4 rings (SSSR count). The summed E-state index contributed by atoms with van der Waals surface area (Å²) in [6.07, 6.45) is -0.0655. The Bertz CT molecular complexity index is 1350. The van der Waals surface area contributed by atoms with Gasteiger partial charge in [0.05, 0.1) is 0 Å². The van der Waals surface area contributed by atoms with E-state index in [2.05, 4.69) is 10.2 Å². The van der Waals surface area contributed by atoms with E-state index in [0.717, 1.165) is 11.5 Å². The molecule has 0 fully saturated rings. The molecule has 1 unspecified atom stereocenters. The summed E-state index contributed by atoms with van der Waals surface area (Å²) >= 11 is 0. The highest BCUT2D eigenvalue weighted by atomic mass is 32.2. The highest BCUT2D eigenvalue weighted by Crippen LogP contribution is 2.43. The van der Waals surface area contributed by atoms with E-state index in [9.17, 15) is 33.3 Å². The smallest absolute Gasteiger partial charge is 0.294 e. The molecule has 31 heavy (non-hydrogen) atoms. The van der Waals surface area contributed by atoms with Crippen LogP contribution in [-0.4, -0.2) is 34.1 Å². The second-order valence-corrected chi connectivity index (χ2v) is 8.60. The summed E-state index contributed by atoms with van der Waals surface area (Å²) in [6, 6.07) is 10.1. The van der Waals surface area contributed by atoms with Gasteiger partial charge in [-0.15, -0.1) is 10.2 Å². The number of nitrogens with zero attached hydrogens (tertiary/aromatic N) is 3. The summed E-state index contributed by atoms with van der Waals surface area (Å²) < 4.78 is 33.2. The molecule has 160 valence electrons. The Kier molecular flexibility index (Phi) is 5.07. The number of hydrogen-bond donors (Lipinski definition) is 3. The Hall–Kier alpha value is -3.57. The molecule has 3 N–H and O–H groups in total. The molecule has 0 bridgehead atoms. The molecule has 3 aromatic rings. The maximum atomic E-state index is 11.8. The lowest BCUT2D eigenvalue weighted by Crippen LogP contribution is -2.28. The average molecular weight is 443 g/mol. The predicted molar refractivity (Wildman–Crippen MR) is 111 cm³/mol. The Morgan fingerprint density at radius 1 is 1.00 bits per heavy atom. The molecule has 0 saturated carbocycles. The molecule has 0 heterocycles. The second-order valence-electron chi connectivity index (χ2n) is 7.21. The molecule has 0 aromatic heterocycles. The van der Waals surface area contributed by atoms with Gasteiger partial charge < -0.3 is 10.2 Å². The Morgan fingerprint density at radius 2 is 1.71 bits per heavy atom. The van der Waals surface area contributed by atoms with Crippen molar-refractivity contribution in [1.82, 2.24) is 0 Å². The first-order valence-corrected chi connectivity index (χ1v) is 10.7. The molecule has 1 atom stereocenters. The number of nitro groups is 1. The third-order valence-corrected chi connectivity index (χ3v) is 6.25. The molecule has 0 amide bonds. The highest BCUT2D eigenvalue weighted by Gasteiger charge is 2.34. The number of phenolic OH excluding ortho intramolecular Hbond substituents is 2. The van der Waals surface area contributed by atoms with Crippen molar-refractivity contribution in [3.63, 3.8) is 0 Å². The number of fused-ring (bicyclic) bond motifs is 2. The van der Waals surface area contributed by atoms with Crippen LogP contribution in [0, 0.1) is 10.1 Å². The maximum absolute atomic E-state index is 11.8. The van der Waals surface area contributed by atoms with Crippen molar-refractivity contribution in [1.29, 1.82) is 0 Å². The Balaban J connectivity index is 1.89. The fourth-order valence-electron chi connectivity index (χ4n) is 3.84. The van der Waals surface area contributed by atoms with Gasteiger partial charge >= 0.3 is 0 Å². The van der Waals surface area contributed by atoms with Crippen LogP contribution >= 0.6 is 0 Å². The van der Waals surface area contributed by atoms with Crippen molar-refractivity contribution < 1.29 is 28.1 Å². The van der Waals surface area contributed by atoms with Gasteiger partial charge in [0.25, 0.3) is 10.1 Å². The summed E-state index contributed by atoms with van der Waals surface area (Å²) in [5, 5.41) is 41.4. The fourth-order valence-corrected chi connectivity index (χ4v) is 4.62. The van der Waals surface area contributed by atoms with Crippen LogP contribution in [0.5, 0.6) is 11.5 Å². The Morgan fingerprint density at radius 3 is 2.42 bits per heavy atom. The van der Waals surface area contributed by atoms with Crippen molar-refractivity contribution in [3.8, 4) is 11.5 Å². The van der Waals surface area contributed by atoms with E-state index in [1.165, 1.54) is 6.07 Å². The van der Waals surface area contributed by atoms with Gasteiger partial charge in [-0.2, -0.15) is 8.42 Å². The molecule has 0 radical (unpaired) electrons. The van der Waals surface area contributed by atoms with E-state index in [4.69, 9.17) is 0 Å². The molecule has 10 nitrogen and oxygen atoms in total. The summed E-state index contributed by atoms with van der Waals surface area (Å²) in [5.41, 5.74) is 0.388. The minimum absolute atomic E-state index is 0.0318. The minimum Gasteiger partial charge on any atom is -0.506 e. The standard InChI is InChI=1S/C20H17N3O7S/c24-16-8-5-11-3-1-2-4-13(11)19(16)21-22-20-14-7-6-12(23(26)27)9-15(14)18(10-17(20)25)31(28,29)30/h1-5,8,10,12,24-25H,6-7,9H2,(H,28,29,30). The van der Waals surface area contributed by atoms with Gasteiger partial charge in [-0.3, -0.25) is 14.7 Å². The number of benzene rings is 3. The first kappa shape index (κ1) is 20.7. The lowest BCUT2D eigenvalue weighted by atomic mass is 9.87. The molecular weight excluding hydrogens is 426 g/mol. The summed E-state index contributed by atoms with van der Waals surface area (Å²) in [7, 11) is -4.73. The lowest BCUT2D eigenvalue weighted by molar-refractivity contribution is -0.523. The van der Waals surface area contributed by atoms with Gasteiger partial charge in [-0.05, 0) is 29.0 Å². The SMILES string of the molecule is O=[N+]([O-])C1CCc2c(c(S(=O)(=O)O)cc(O)c2N=Nc2c(O)ccc3ccccc23)C1. The van der Waals surface area contributed by atoms with E-state index in [1.54, 1.807) is 18.2 Å². The molecule has 3 aromatic carbocycles. The average Bonchev–Trinajstić information content (AvgIpc) is 2.72. The molecular formula is C20H17N3O7S. The van der Waals surface area contributed by atoms with Crippen molar-refractivity contribution in [2.75, 3.05) is 0 Å². The van der Waals surface area contributed by atoms with Gasteiger partial charge in [0.2, 0.25) is 6.04 Å². The van der Waals surface area contributed by atoms with Crippen molar-refractivity contribution in [2.24, 2.45) is 10.2 Å². The normalized spacial score (nSPS) is 16.5. The van der Waals surface area contributed by atoms with Crippen molar-refractivity contribution in [3.05, 3.63) is 63.7 Å². The van der Waals surface area contributed by atoms with Crippen LogP contribution in [0.25, 0.3) is 10.8 Å². The van der Waals surface area contributed by atoms with Crippen molar-refractivity contribution in [2.45, 2.75) is 30.2 Å². The zero-order chi connectivity index (χ0) is 22.3. The van der Waals surface area contributed by atoms with E-state index >= 15 is 0 Å². The zero-order valence-electron chi connectivity index (χ0n) is 16.0. The van der Waals surface area contributed by atoms with E-state index in [-0.39, 0.29) is 47.5 Å². The number of rotatable bonds is 4. The number of hydrogen-bond acceptors (Lipinski definition) is 8. The second kappa shape index (κ2) is 7.60. The predicted octanol–water partition coefficient (Wildman–Crippen LogP) is 4.05. The fraction of sp³-hybridized carbons (Fsp3) is 0.200.